The molecule has 1 atom stereocenters. The summed E-state index contributed by atoms with van der Waals surface area (Å²) in [5.41, 5.74) is -0.423. The maximum absolute atomic E-state index is 12.6. The van der Waals surface area contributed by atoms with Gasteiger partial charge in [-0.05, 0) is 35.3 Å². The predicted octanol–water partition coefficient (Wildman–Crippen LogP) is 1.83. The number of carboxylic acid groups (broad SMARTS) is 1. The topological polar surface area (TPSA) is 71.8 Å². The van der Waals surface area contributed by atoms with Crippen LogP contribution in [0.1, 0.15) is 23.8 Å². The molecule has 1 amide bonds. The van der Waals surface area contributed by atoms with Crippen LogP contribution in [0, 0.1) is 5.41 Å². The van der Waals surface area contributed by atoms with Gasteiger partial charge in [-0.25, -0.2) is 0 Å². The summed E-state index contributed by atoms with van der Waals surface area (Å²) in [6.07, 6.45) is 2.26. The highest BCUT2D eigenvalue weighted by Crippen LogP contribution is 2.32. The van der Waals surface area contributed by atoms with Gasteiger partial charge in [0.05, 0.1) is 6.61 Å². The van der Waals surface area contributed by atoms with Gasteiger partial charge in [0.1, 0.15) is 11.1 Å². The van der Waals surface area contributed by atoms with E-state index in [0.717, 1.165) is 4.47 Å². The largest absolute Gasteiger partial charge is 0.481 e. The highest BCUT2D eigenvalue weighted by Gasteiger charge is 2.46. The Kier molecular flexibility index (Phi) is 4.73. The monoisotopic (exact) mass is 358 g/mol. The van der Waals surface area contributed by atoms with E-state index in [1.54, 1.807) is 11.0 Å². The van der Waals surface area contributed by atoms with E-state index in [1.807, 2.05) is 17.7 Å². The van der Waals surface area contributed by atoms with Gasteiger partial charge in [0.25, 0.3) is 5.91 Å². The minimum Gasteiger partial charge on any atom is -0.481 e. The van der Waals surface area contributed by atoms with Crippen LogP contribution in [0.3, 0.4) is 0 Å². The first-order chi connectivity index (χ1) is 9.93. The fraction of sp³-hybridized carbons (Fsp3) is 0.571. The minimum atomic E-state index is -0.995. The second kappa shape index (κ2) is 6.19. The Labute approximate surface area is 131 Å². The molecule has 2 rings (SSSR count). The molecule has 116 valence electrons. The molecule has 7 heteroatoms. The Balaban J connectivity index is 2.20. The van der Waals surface area contributed by atoms with Crippen molar-refractivity contribution in [3.05, 3.63) is 22.4 Å². The number of ether oxygens (including phenoxy) is 1. The quantitative estimate of drug-likeness (QED) is 0.871. The van der Waals surface area contributed by atoms with Gasteiger partial charge in [0.15, 0.2) is 0 Å². The van der Waals surface area contributed by atoms with E-state index in [1.165, 1.54) is 7.11 Å². The van der Waals surface area contributed by atoms with Crippen molar-refractivity contribution in [2.45, 2.75) is 19.9 Å². The number of hydrogen-bond donors (Lipinski definition) is 1. The zero-order valence-corrected chi connectivity index (χ0v) is 13.7. The van der Waals surface area contributed by atoms with Crippen LogP contribution in [0.15, 0.2) is 16.7 Å². The molecule has 6 nitrogen and oxygen atoms in total. The number of amides is 1. The summed E-state index contributed by atoms with van der Waals surface area (Å²) >= 11 is 3.37. The van der Waals surface area contributed by atoms with Gasteiger partial charge in [-0.1, -0.05) is 0 Å². The summed E-state index contributed by atoms with van der Waals surface area (Å²) in [6.45, 7) is 3.37. The predicted molar refractivity (Wildman–Crippen MR) is 80.3 cm³/mol. The molecule has 0 spiro atoms. The number of methoxy groups -OCH3 is 1. The number of carbonyl (C=O) groups excluding carboxylic acids is 1. The molecule has 2 heterocycles. The van der Waals surface area contributed by atoms with Crippen molar-refractivity contribution in [1.82, 2.24) is 9.47 Å². The van der Waals surface area contributed by atoms with Crippen LogP contribution in [0.2, 0.25) is 0 Å². The van der Waals surface area contributed by atoms with Crippen LogP contribution in [0.25, 0.3) is 0 Å². The number of carboxylic acids is 1. The molecule has 1 unspecified atom stereocenters. The smallest absolute Gasteiger partial charge is 0.313 e. The van der Waals surface area contributed by atoms with E-state index in [-0.39, 0.29) is 19.1 Å². The van der Waals surface area contributed by atoms with E-state index in [4.69, 9.17) is 4.74 Å². The molecule has 0 saturated carbocycles. The first-order valence-corrected chi connectivity index (χ1v) is 7.60. The van der Waals surface area contributed by atoms with Crippen molar-refractivity contribution in [3.63, 3.8) is 0 Å². The zero-order chi connectivity index (χ0) is 15.6. The molecule has 1 saturated heterocycles. The molecular formula is C14H19BrN2O4. The summed E-state index contributed by atoms with van der Waals surface area (Å²) in [5, 5.41) is 9.44. The highest BCUT2D eigenvalue weighted by atomic mass is 79.9. The highest BCUT2D eigenvalue weighted by molar-refractivity contribution is 9.10. The maximum atomic E-state index is 12.6. The fourth-order valence-corrected chi connectivity index (χ4v) is 3.22. The van der Waals surface area contributed by atoms with Crippen molar-refractivity contribution in [2.24, 2.45) is 5.41 Å². The molecule has 1 aliphatic rings. The first kappa shape index (κ1) is 16.0. The lowest BCUT2D eigenvalue weighted by molar-refractivity contribution is -0.151. The molecule has 1 aromatic rings. The summed E-state index contributed by atoms with van der Waals surface area (Å²) in [6, 6.07) is 1.77. The van der Waals surface area contributed by atoms with Crippen LogP contribution in [0.4, 0.5) is 0 Å². The normalized spacial score (nSPS) is 21.8. The van der Waals surface area contributed by atoms with Crippen LogP contribution >= 0.6 is 15.9 Å². The number of likely N-dealkylation sites (tertiary alicyclic amines) is 1. The molecule has 0 aromatic carbocycles. The number of carbonyl (C=O) groups is 2. The molecule has 1 fully saturated rings. The Hall–Kier alpha value is -1.34. The number of nitrogens with zero attached hydrogens (tertiary/aromatic N) is 2. The lowest BCUT2D eigenvalue weighted by Crippen LogP contribution is -2.40. The third kappa shape index (κ3) is 2.98. The van der Waals surface area contributed by atoms with Gasteiger partial charge in [0.2, 0.25) is 0 Å². The van der Waals surface area contributed by atoms with E-state index in [9.17, 15) is 14.7 Å². The Morgan fingerprint density at radius 1 is 1.52 bits per heavy atom. The Morgan fingerprint density at radius 2 is 2.24 bits per heavy atom. The third-order valence-corrected chi connectivity index (χ3v) is 4.37. The number of aryl methyl sites for hydroxylation is 1. The van der Waals surface area contributed by atoms with Gasteiger partial charge in [-0.3, -0.25) is 9.59 Å². The van der Waals surface area contributed by atoms with Gasteiger partial charge in [0, 0.05) is 37.4 Å². The Bertz CT molecular complexity index is 557. The van der Waals surface area contributed by atoms with Crippen LogP contribution in [0.5, 0.6) is 0 Å². The van der Waals surface area contributed by atoms with Gasteiger partial charge >= 0.3 is 5.97 Å². The average Bonchev–Trinajstić information content (AvgIpc) is 3.03. The molecule has 0 aliphatic carbocycles. The van der Waals surface area contributed by atoms with Gasteiger partial charge < -0.3 is 19.3 Å². The van der Waals surface area contributed by atoms with Crippen molar-refractivity contribution < 1.29 is 19.4 Å². The standard InChI is InChI=1S/C14H19BrN2O4/c1-3-16-7-10(15)6-11(16)12(18)17-5-4-14(8-17,9-21-2)13(19)20/h6-7H,3-5,8-9H2,1-2H3,(H,19,20). The van der Waals surface area contributed by atoms with Gasteiger partial charge in [-0.15, -0.1) is 0 Å². The molecule has 0 radical (unpaired) electrons. The van der Waals surface area contributed by atoms with Crippen molar-refractivity contribution in [1.29, 1.82) is 0 Å². The number of aromatic nitrogens is 1. The average molecular weight is 359 g/mol. The van der Waals surface area contributed by atoms with E-state index >= 15 is 0 Å². The summed E-state index contributed by atoms with van der Waals surface area (Å²) in [5.74, 6) is -1.05. The number of rotatable bonds is 5. The molecule has 21 heavy (non-hydrogen) atoms. The van der Waals surface area contributed by atoms with Crippen LogP contribution in [-0.4, -0.2) is 53.3 Å². The van der Waals surface area contributed by atoms with E-state index < -0.39 is 11.4 Å². The number of halogens is 1. The summed E-state index contributed by atoms with van der Waals surface area (Å²) in [4.78, 5) is 25.7. The zero-order valence-electron chi connectivity index (χ0n) is 12.1. The molecule has 1 aliphatic heterocycles. The van der Waals surface area contributed by atoms with Crippen LogP contribution in [-0.2, 0) is 16.1 Å². The second-order valence-corrected chi connectivity index (χ2v) is 6.24. The van der Waals surface area contributed by atoms with Crippen molar-refractivity contribution in [3.8, 4) is 0 Å². The van der Waals surface area contributed by atoms with Crippen molar-refractivity contribution >= 4 is 27.8 Å². The van der Waals surface area contributed by atoms with Crippen LogP contribution < -0.4 is 0 Å². The van der Waals surface area contributed by atoms with E-state index in [0.29, 0.717) is 25.2 Å². The third-order valence-electron chi connectivity index (χ3n) is 3.94. The molecular weight excluding hydrogens is 340 g/mol. The second-order valence-electron chi connectivity index (χ2n) is 5.32. The first-order valence-electron chi connectivity index (χ1n) is 6.81. The summed E-state index contributed by atoms with van der Waals surface area (Å²) in [7, 11) is 1.48. The molecule has 0 bridgehead atoms. The van der Waals surface area contributed by atoms with E-state index in [2.05, 4.69) is 15.9 Å². The fourth-order valence-electron chi connectivity index (χ4n) is 2.75. The minimum absolute atomic E-state index is 0.116. The number of aliphatic carboxylic acids is 1. The SMILES string of the molecule is CCn1cc(Br)cc1C(=O)N1CCC(COC)(C(=O)O)C1. The van der Waals surface area contributed by atoms with Crippen molar-refractivity contribution in [2.75, 3.05) is 26.8 Å². The lowest BCUT2D eigenvalue weighted by Gasteiger charge is -2.24. The molecule has 1 N–H and O–H groups in total. The maximum Gasteiger partial charge on any atom is 0.313 e. The lowest BCUT2D eigenvalue weighted by atomic mass is 9.88. The van der Waals surface area contributed by atoms with Gasteiger partial charge in [-0.2, -0.15) is 0 Å². The summed E-state index contributed by atoms with van der Waals surface area (Å²) < 4.78 is 7.73. The number of hydrogen-bond acceptors (Lipinski definition) is 3. The molecule has 1 aromatic heterocycles. The Morgan fingerprint density at radius 3 is 2.81 bits per heavy atom.